The Labute approximate surface area is 150 Å². The Morgan fingerprint density at radius 2 is 1.91 bits per heavy atom. The van der Waals surface area contributed by atoms with Crippen LogP contribution in [-0.2, 0) is 0 Å². The van der Waals surface area contributed by atoms with Crippen molar-refractivity contribution in [2.45, 2.75) is 63.7 Å². The third kappa shape index (κ3) is 4.96. The standard InChI is InChI=1S/C16H24N4O.2ClH/c1-10(2)18-15-14(4-3-7-17-15)16(21)20-13-8-11-5-6-12(9-13)19-11;;/h3-4,7,10-13,19H,5-6,8-9H2,1-2H3,(H,17,18)(H,20,21);2*1H. The van der Waals surface area contributed by atoms with Crippen LogP contribution in [0, 0.1) is 0 Å². The highest BCUT2D eigenvalue weighted by Gasteiger charge is 2.34. The predicted octanol–water partition coefficient (Wildman–Crippen LogP) is 2.76. The molecular weight excluding hydrogens is 335 g/mol. The number of halogens is 2. The van der Waals surface area contributed by atoms with Crippen molar-refractivity contribution in [1.82, 2.24) is 15.6 Å². The monoisotopic (exact) mass is 360 g/mol. The van der Waals surface area contributed by atoms with Crippen LogP contribution in [0.2, 0.25) is 0 Å². The van der Waals surface area contributed by atoms with Crippen LogP contribution in [0.5, 0.6) is 0 Å². The zero-order valence-electron chi connectivity index (χ0n) is 13.5. The summed E-state index contributed by atoms with van der Waals surface area (Å²) in [5.74, 6) is 0.652. The Balaban J connectivity index is 0.00000132. The lowest BCUT2D eigenvalue weighted by Gasteiger charge is -2.29. The summed E-state index contributed by atoms with van der Waals surface area (Å²) in [6, 6.07) is 5.34. The molecule has 3 heterocycles. The predicted molar refractivity (Wildman–Crippen MR) is 97.9 cm³/mol. The highest BCUT2D eigenvalue weighted by atomic mass is 35.5. The van der Waals surface area contributed by atoms with Gasteiger partial charge in [0.15, 0.2) is 0 Å². The highest BCUT2D eigenvalue weighted by Crippen LogP contribution is 2.27. The Hall–Kier alpha value is -1.04. The van der Waals surface area contributed by atoms with Gasteiger partial charge < -0.3 is 16.0 Å². The molecule has 1 amide bonds. The van der Waals surface area contributed by atoms with E-state index in [4.69, 9.17) is 0 Å². The number of piperidine rings is 1. The number of fused-ring (bicyclic) bond motifs is 2. The van der Waals surface area contributed by atoms with Crippen LogP contribution in [0.25, 0.3) is 0 Å². The van der Waals surface area contributed by atoms with Crippen LogP contribution in [0.15, 0.2) is 18.3 Å². The molecule has 7 heteroatoms. The van der Waals surface area contributed by atoms with Crippen molar-refractivity contribution in [2.75, 3.05) is 5.32 Å². The molecule has 3 N–H and O–H groups in total. The van der Waals surface area contributed by atoms with Crippen molar-refractivity contribution in [1.29, 1.82) is 0 Å². The van der Waals surface area contributed by atoms with E-state index >= 15 is 0 Å². The third-order valence-electron chi connectivity index (χ3n) is 4.29. The van der Waals surface area contributed by atoms with Gasteiger partial charge in [-0.1, -0.05) is 0 Å². The summed E-state index contributed by atoms with van der Waals surface area (Å²) in [6.07, 6.45) is 6.27. The van der Waals surface area contributed by atoms with Gasteiger partial charge in [0.25, 0.3) is 5.91 Å². The highest BCUT2D eigenvalue weighted by molar-refractivity contribution is 5.98. The molecule has 2 bridgehead atoms. The van der Waals surface area contributed by atoms with Gasteiger partial charge in [-0.05, 0) is 51.7 Å². The van der Waals surface area contributed by atoms with Gasteiger partial charge in [-0.3, -0.25) is 4.79 Å². The summed E-state index contributed by atoms with van der Waals surface area (Å²) in [5.41, 5.74) is 0.636. The molecule has 2 aliphatic heterocycles. The van der Waals surface area contributed by atoms with Gasteiger partial charge in [0, 0.05) is 30.4 Å². The van der Waals surface area contributed by atoms with Gasteiger partial charge in [-0.15, -0.1) is 24.8 Å². The zero-order valence-corrected chi connectivity index (χ0v) is 15.2. The number of hydrogen-bond acceptors (Lipinski definition) is 4. The van der Waals surface area contributed by atoms with Crippen molar-refractivity contribution in [3.05, 3.63) is 23.9 Å². The molecule has 2 saturated heterocycles. The Kier molecular flexibility index (Phi) is 7.58. The van der Waals surface area contributed by atoms with Crippen molar-refractivity contribution in [3.63, 3.8) is 0 Å². The lowest BCUT2D eigenvalue weighted by Crippen LogP contribution is -2.48. The number of carbonyl (C=O) groups excluding carboxylic acids is 1. The Morgan fingerprint density at radius 1 is 1.26 bits per heavy atom. The SMILES string of the molecule is CC(C)Nc1ncccc1C(=O)NC1CC2CCC(C1)N2.Cl.Cl. The summed E-state index contributed by atoms with van der Waals surface area (Å²) in [5, 5.41) is 10.0. The minimum absolute atomic E-state index is 0. The first kappa shape index (κ1) is 20.0. The molecule has 3 rings (SSSR count). The number of anilines is 1. The number of amides is 1. The lowest BCUT2D eigenvalue weighted by atomic mass is 9.99. The summed E-state index contributed by atoms with van der Waals surface area (Å²) in [7, 11) is 0. The molecule has 23 heavy (non-hydrogen) atoms. The molecule has 1 aromatic rings. The minimum Gasteiger partial charge on any atom is -0.367 e. The average Bonchev–Trinajstić information content (AvgIpc) is 2.78. The number of carbonyl (C=O) groups is 1. The maximum atomic E-state index is 12.5. The molecule has 2 unspecified atom stereocenters. The second-order valence-electron chi connectivity index (χ2n) is 6.48. The number of nitrogens with one attached hydrogen (secondary N) is 3. The van der Waals surface area contributed by atoms with Gasteiger partial charge in [0.2, 0.25) is 0 Å². The Morgan fingerprint density at radius 3 is 2.52 bits per heavy atom. The number of nitrogens with zero attached hydrogens (tertiary/aromatic N) is 1. The average molecular weight is 361 g/mol. The molecule has 2 fully saturated rings. The van der Waals surface area contributed by atoms with Crippen molar-refractivity contribution in [3.8, 4) is 0 Å². The fraction of sp³-hybridized carbons (Fsp3) is 0.625. The van der Waals surface area contributed by atoms with Crippen molar-refractivity contribution >= 4 is 36.5 Å². The van der Waals surface area contributed by atoms with Gasteiger partial charge in [0.05, 0.1) is 5.56 Å². The van der Waals surface area contributed by atoms with E-state index in [9.17, 15) is 4.79 Å². The van der Waals surface area contributed by atoms with Gasteiger partial charge >= 0.3 is 0 Å². The number of pyridine rings is 1. The number of aromatic nitrogens is 1. The van der Waals surface area contributed by atoms with Crippen LogP contribution in [0.4, 0.5) is 5.82 Å². The number of hydrogen-bond donors (Lipinski definition) is 3. The van der Waals surface area contributed by atoms with E-state index in [1.807, 2.05) is 26.0 Å². The first-order chi connectivity index (χ1) is 10.1. The molecule has 5 nitrogen and oxygen atoms in total. The van der Waals surface area contributed by atoms with Crippen LogP contribution in [-0.4, -0.2) is 35.1 Å². The molecule has 0 aromatic carbocycles. The minimum atomic E-state index is -0.0162. The third-order valence-corrected chi connectivity index (χ3v) is 4.29. The Bertz CT molecular complexity index is 515. The second kappa shape index (κ2) is 8.71. The van der Waals surface area contributed by atoms with Crippen LogP contribution in [0.1, 0.15) is 49.9 Å². The largest absolute Gasteiger partial charge is 0.367 e. The van der Waals surface area contributed by atoms with E-state index in [2.05, 4.69) is 20.9 Å². The van der Waals surface area contributed by atoms with Crippen molar-refractivity contribution in [2.24, 2.45) is 0 Å². The molecule has 0 spiro atoms. The first-order valence-corrected chi connectivity index (χ1v) is 7.90. The normalized spacial score (nSPS) is 25.3. The fourth-order valence-corrected chi connectivity index (χ4v) is 3.42. The quantitative estimate of drug-likeness (QED) is 0.772. The molecule has 130 valence electrons. The van der Waals surface area contributed by atoms with E-state index in [1.165, 1.54) is 12.8 Å². The van der Waals surface area contributed by atoms with Crippen LogP contribution < -0.4 is 16.0 Å². The summed E-state index contributed by atoms with van der Waals surface area (Å²) in [4.78, 5) is 16.8. The number of rotatable bonds is 4. The summed E-state index contributed by atoms with van der Waals surface area (Å²) < 4.78 is 0. The molecule has 0 radical (unpaired) electrons. The topological polar surface area (TPSA) is 66.0 Å². The molecule has 0 aliphatic carbocycles. The maximum Gasteiger partial charge on any atom is 0.255 e. The van der Waals surface area contributed by atoms with E-state index in [1.54, 1.807) is 6.20 Å². The maximum absolute atomic E-state index is 12.5. The second-order valence-corrected chi connectivity index (χ2v) is 6.48. The molecule has 2 atom stereocenters. The fourth-order valence-electron chi connectivity index (χ4n) is 3.42. The smallest absolute Gasteiger partial charge is 0.255 e. The van der Waals surface area contributed by atoms with Gasteiger partial charge in [0.1, 0.15) is 5.82 Å². The first-order valence-electron chi connectivity index (χ1n) is 7.90. The summed E-state index contributed by atoms with van der Waals surface area (Å²) in [6.45, 7) is 4.09. The molecule has 1 aromatic heterocycles. The molecule has 2 aliphatic rings. The van der Waals surface area contributed by atoms with Gasteiger partial charge in [-0.25, -0.2) is 4.98 Å². The van der Waals surface area contributed by atoms with Crippen LogP contribution in [0.3, 0.4) is 0 Å². The van der Waals surface area contributed by atoms with E-state index in [0.717, 1.165) is 12.8 Å². The van der Waals surface area contributed by atoms with E-state index < -0.39 is 0 Å². The van der Waals surface area contributed by atoms with Gasteiger partial charge in [-0.2, -0.15) is 0 Å². The van der Waals surface area contributed by atoms with E-state index in [-0.39, 0.29) is 42.8 Å². The summed E-state index contributed by atoms with van der Waals surface area (Å²) >= 11 is 0. The van der Waals surface area contributed by atoms with Crippen LogP contribution >= 0.6 is 24.8 Å². The zero-order chi connectivity index (χ0) is 14.8. The lowest BCUT2D eigenvalue weighted by molar-refractivity contribution is 0.0924. The van der Waals surface area contributed by atoms with Crippen molar-refractivity contribution < 1.29 is 4.79 Å². The van der Waals surface area contributed by atoms with E-state index in [0.29, 0.717) is 23.5 Å². The molecular formula is C16H26Cl2N4O. The molecule has 0 saturated carbocycles.